The number of benzene rings is 1. The standard InChI is InChI=1S/C10H14N4/c1-14-9-5-3-2-4-8(9)13-10(14)7(12)6-11/h2-5,7H,6,11-12H2,1H3. The van der Waals surface area contributed by atoms with Gasteiger partial charge in [0, 0.05) is 13.6 Å². The number of hydrogen-bond acceptors (Lipinski definition) is 3. The lowest BCUT2D eigenvalue weighted by Gasteiger charge is -2.07. The van der Waals surface area contributed by atoms with E-state index in [-0.39, 0.29) is 6.04 Å². The summed E-state index contributed by atoms with van der Waals surface area (Å²) in [7, 11) is 1.96. The molecule has 4 N–H and O–H groups in total. The van der Waals surface area contributed by atoms with Gasteiger partial charge in [-0.2, -0.15) is 0 Å². The molecular formula is C10H14N4. The first-order valence-electron chi connectivity index (χ1n) is 4.61. The summed E-state index contributed by atoms with van der Waals surface area (Å²) in [6.07, 6.45) is 0. The second kappa shape index (κ2) is 3.40. The fraction of sp³-hybridized carbons (Fsp3) is 0.300. The van der Waals surface area contributed by atoms with E-state index in [9.17, 15) is 0 Å². The predicted octanol–water partition coefficient (Wildman–Crippen LogP) is 0.532. The fourth-order valence-electron chi connectivity index (χ4n) is 1.60. The highest BCUT2D eigenvalue weighted by Crippen LogP contribution is 2.17. The lowest BCUT2D eigenvalue weighted by atomic mass is 10.3. The van der Waals surface area contributed by atoms with Crippen LogP contribution < -0.4 is 11.5 Å². The molecule has 0 radical (unpaired) electrons. The first kappa shape index (κ1) is 9.18. The van der Waals surface area contributed by atoms with Gasteiger partial charge >= 0.3 is 0 Å². The van der Waals surface area contributed by atoms with E-state index in [1.54, 1.807) is 0 Å². The summed E-state index contributed by atoms with van der Waals surface area (Å²) < 4.78 is 1.99. The quantitative estimate of drug-likeness (QED) is 0.725. The van der Waals surface area contributed by atoms with Crippen LogP contribution in [0.4, 0.5) is 0 Å². The third kappa shape index (κ3) is 1.29. The number of imidazole rings is 1. The van der Waals surface area contributed by atoms with E-state index in [1.165, 1.54) is 0 Å². The van der Waals surface area contributed by atoms with Crippen molar-refractivity contribution in [1.29, 1.82) is 0 Å². The monoisotopic (exact) mass is 190 g/mol. The molecule has 0 saturated heterocycles. The number of hydrogen-bond donors (Lipinski definition) is 2. The van der Waals surface area contributed by atoms with Crippen molar-refractivity contribution in [1.82, 2.24) is 9.55 Å². The Morgan fingerprint density at radius 2 is 2.14 bits per heavy atom. The zero-order valence-electron chi connectivity index (χ0n) is 8.14. The van der Waals surface area contributed by atoms with Crippen LogP contribution in [0.5, 0.6) is 0 Å². The van der Waals surface area contributed by atoms with E-state index >= 15 is 0 Å². The van der Waals surface area contributed by atoms with Gasteiger partial charge in [0.15, 0.2) is 0 Å². The SMILES string of the molecule is Cn1c(C(N)CN)nc2ccccc21. The first-order chi connectivity index (χ1) is 6.74. The van der Waals surface area contributed by atoms with Gasteiger partial charge in [-0.05, 0) is 12.1 Å². The van der Waals surface area contributed by atoms with Crippen molar-refractivity contribution in [2.45, 2.75) is 6.04 Å². The number of aryl methyl sites for hydroxylation is 1. The van der Waals surface area contributed by atoms with Crippen molar-refractivity contribution in [2.75, 3.05) is 6.54 Å². The molecule has 0 aliphatic carbocycles. The number of nitrogens with two attached hydrogens (primary N) is 2. The van der Waals surface area contributed by atoms with Gasteiger partial charge in [0.2, 0.25) is 0 Å². The Morgan fingerprint density at radius 3 is 2.79 bits per heavy atom. The molecule has 1 unspecified atom stereocenters. The van der Waals surface area contributed by atoms with Crippen LogP contribution in [-0.4, -0.2) is 16.1 Å². The minimum absolute atomic E-state index is 0.188. The Bertz CT molecular complexity index is 446. The maximum atomic E-state index is 5.85. The van der Waals surface area contributed by atoms with Crippen molar-refractivity contribution in [3.63, 3.8) is 0 Å². The average molecular weight is 190 g/mol. The number of fused-ring (bicyclic) bond motifs is 1. The molecule has 4 nitrogen and oxygen atoms in total. The van der Waals surface area contributed by atoms with Gasteiger partial charge in [0.25, 0.3) is 0 Å². The molecule has 0 fully saturated rings. The largest absolute Gasteiger partial charge is 0.330 e. The van der Waals surface area contributed by atoms with Gasteiger partial charge in [-0.15, -0.1) is 0 Å². The van der Waals surface area contributed by atoms with Crippen molar-refractivity contribution >= 4 is 11.0 Å². The molecule has 0 aliphatic rings. The molecule has 0 amide bonds. The van der Waals surface area contributed by atoms with Crippen LogP contribution in [0.2, 0.25) is 0 Å². The third-order valence-electron chi connectivity index (χ3n) is 2.41. The maximum Gasteiger partial charge on any atom is 0.127 e. The van der Waals surface area contributed by atoms with Crippen molar-refractivity contribution in [2.24, 2.45) is 18.5 Å². The highest BCUT2D eigenvalue weighted by Gasteiger charge is 2.12. The molecule has 1 aromatic heterocycles. The van der Waals surface area contributed by atoms with Crippen LogP contribution in [0.1, 0.15) is 11.9 Å². The summed E-state index contributed by atoms with van der Waals surface area (Å²) in [5, 5.41) is 0. The maximum absolute atomic E-state index is 5.85. The number of rotatable bonds is 2. The second-order valence-electron chi connectivity index (χ2n) is 3.36. The summed E-state index contributed by atoms with van der Waals surface area (Å²) in [5.41, 5.74) is 13.4. The Labute approximate surface area is 82.5 Å². The van der Waals surface area contributed by atoms with E-state index in [0.29, 0.717) is 6.54 Å². The van der Waals surface area contributed by atoms with Crippen molar-refractivity contribution in [3.8, 4) is 0 Å². The highest BCUT2D eigenvalue weighted by atomic mass is 15.1. The van der Waals surface area contributed by atoms with E-state index in [4.69, 9.17) is 11.5 Å². The summed E-state index contributed by atoms with van der Waals surface area (Å²) in [6.45, 7) is 0.414. The first-order valence-corrected chi connectivity index (χ1v) is 4.61. The zero-order chi connectivity index (χ0) is 10.1. The minimum atomic E-state index is -0.188. The van der Waals surface area contributed by atoms with Crippen LogP contribution >= 0.6 is 0 Å². The number of aromatic nitrogens is 2. The van der Waals surface area contributed by atoms with Crippen LogP contribution in [0, 0.1) is 0 Å². The third-order valence-corrected chi connectivity index (χ3v) is 2.41. The molecule has 2 rings (SSSR count). The molecule has 2 aromatic rings. The summed E-state index contributed by atoms with van der Waals surface area (Å²) in [5.74, 6) is 0.841. The predicted molar refractivity (Wildman–Crippen MR) is 56.7 cm³/mol. The van der Waals surface area contributed by atoms with Gasteiger partial charge < -0.3 is 16.0 Å². The van der Waals surface area contributed by atoms with Gasteiger partial charge in [-0.25, -0.2) is 4.98 Å². The molecule has 1 atom stereocenters. The lowest BCUT2D eigenvalue weighted by Crippen LogP contribution is -2.23. The van der Waals surface area contributed by atoms with Gasteiger partial charge in [0.05, 0.1) is 17.1 Å². The molecule has 0 aliphatic heterocycles. The minimum Gasteiger partial charge on any atom is -0.330 e. The van der Waals surface area contributed by atoms with E-state index in [1.807, 2.05) is 35.9 Å². The molecule has 0 spiro atoms. The Morgan fingerprint density at radius 1 is 1.43 bits per heavy atom. The molecular weight excluding hydrogens is 176 g/mol. The van der Waals surface area contributed by atoms with Gasteiger partial charge in [0.1, 0.15) is 5.82 Å². The second-order valence-corrected chi connectivity index (χ2v) is 3.36. The fourth-order valence-corrected chi connectivity index (χ4v) is 1.60. The molecule has 0 bridgehead atoms. The molecule has 1 aromatic carbocycles. The Hall–Kier alpha value is -1.39. The summed E-state index contributed by atoms with van der Waals surface area (Å²) >= 11 is 0. The van der Waals surface area contributed by atoms with Crippen LogP contribution in [0.15, 0.2) is 24.3 Å². The van der Waals surface area contributed by atoms with E-state index < -0.39 is 0 Å². The van der Waals surface area contributed by atoms with E-state index in [2.05, 4.69) is 4.98 Å². The smallest absolute Gasteiger partial charge is 0.127 e. The average Bonchev–Trinajstić information content (AvgIpc) is 2.56. The van der Waals surface area contributed by atoms with Crippen LogP contribution in [-0.2, 0) is 7.05 Å². The highest BCUT2D eigenvalue weighted by molar-refractivity contribution is 5.75. The molecule has 0 saturated carbocycles. The molecule has 4 heteroatoms. The number of nitrogens with zero attached hydrogens (tertiary/aromatic N) is 2. The molecule has 74 valence electrons. The van der Waals surface area contributed by atoms with Gasteiger partial charge in [-0.1, -0.05) is 12.1 Å². The Balaban J connectivity index is 2.62. The molecule has 1 heterocycles. The zero-order valence-corrected chi connectivity index (χ0v) is 8.14. The Kier molecular flexibility index (Phi) is 2.23. The molecule has 14 heavy (non-hydrogen) atoms. The van der Waals surface area contributed by atoms with Crippen molar-refractivity contribution in [3.05, 3.63) is 30.1 Å². The number of para-hydroxylation sites is 2. The topological polar surface area (TPSA) is 69.9 Å². The lowest BCUT2D eigenvalue weighted by molar-refractivity contribution is 0.651. The van der Waals surface area contributed by atoms with Crippen LogP contribution in [0.3, 0.4) is 0 Å². The normalized spacial score (nSPS) is 13.4. The van der Waals surface area contributed by atoms with Gasteiger partial charge in [-0.3, -0.25) is 0 Å². The van der Waals surface area contributed by atoms with E-state index in [0.717, 1.165) is 16.9 Å². The summed E-state index contributed by atoms with van der Waals surface area (Å²) in [4.78, 5) is 4.44. The van der Waals surface area contributed by atoms with Crippen LogP contribution in [0.25, 0.3) is 11.0 Å². The summed E-state index contributed by atoms with van der Waals surface area (Å²) in [6, 6.07) is 7.76. The van der Waals surface area contributed by atoms with Crippen molar-refractivity contribution < 1.29 is 0 Å².